The van der Waals surface area contributed by atoms with E-state index in [-0.39, 0.29) is 17.5 Å². The largest absolute Gasteiger partial charge is 0.342 e. The molecule has 2 saturated heterocycles. The Kier molecular flexibility index (Phi) is 5.31. The molecular formula is C19H27N7O2. The van der Waals surface area contributed by atoms with E-state index < -0.39 is 0 Å². The lowest BCUT2D eigenvalue weighted by Gasteiger charge is -2.19. The van der Waals surface area contributed by atoms with Crippen molar-refractivity contribution < 1.29 is 4.79 Å². The summed E-state index contributed by atoms with van der Waals surface area (Å²) in [5, 5.41) is 7.31. The maximum Gasteiger partial charge on any atom is 0.317 e. The number of aromatic amines is 1. The fraction of sp³-hybridized carbons (Fsp3) is 0.579. The van der Waals surface area contributed by atoms with Gasteiger partial charge in [-0.15, -0.1) is 0 Å². The van der Waals surface area contributed by atoms with Gasteiger partial charge in [0.15, 0.2) is 0 Å². The molecule has 0 spiro atoms. The van der Waals surface area contributed by atoms with E-state index in [1.165, 1.54) is 0 Å². The molecule has 4 heterocycles. The third-order valence-electron chi connectivity index (χ3n) is 5.49. The van der Waals surface area contributed by atoms with Crippen LogP contribution in [0.25, 0.3) is 0 Å². The van der Waals surface area contributed by atoms with Crippen molar-refractivity contribution in [1.29, 1.82) is 0 Å². The number of H-pyrrole nitrogens is 1. The number of aromatic nitrogens is 4. The zero-order chi connectivity index (χ0) is 19.5. The highest BCUT2D eigenvalue weighted by Gasteiger charge is 2.29. The molecule has 2 aliphatic rings. The Hall–Kier alpha value is -2.84. The number of carbonyl (C=O) groups excluding carboxylic acids is 1. The first-order chi connectivity index (χ1) is 13.6. The number of anilines is 1. The number of rotatable bonds is 5. The van der Waals surface area contributed by atoms with Crippen LogP contribution in [0.3, 0.4) is 0 Å². The summed E-state index contributed by atoms with van der Waals surface area (Å²) in [5.41, 5.74) is 1.50. The third-order valence-corrected chi connectivity index (χ3v) is 5.49. The highest BCUT2D eigenvalue weighted by Crippen LogP contribution is 2.26. The molecule has 9 heteroatoms. The molecule has 28 heavy (non-hydrogen) atoms. The van der Waals surface area contributed by atoms with Gasteiger partial charge in [0, 0.05) is 50.9 Å². The van der Waals surface area contributed by atoms with Crippen LogP contribution in [-0.4, -0.2) is 56.9 Å². The highest BCUT2D eigenvalue weighted by atomic mass is 16.2. The van der Waals surface area contributed by atoms with Crippen molar-refractivity contribution in [1.82, 2.24) is 30.0 Å². The minimum atomic E-state index is -0.124. The summed E-state index contributed by atoms with van der Waals surface area (Å²) in [6, 6.07) is 3.39. The van der Waals surface area contributed by atoms with Crippen molar-refractivity contribution in [3.8, 4) is 0 Å². The fourth-order valence-corrected chi connectivity index (χ4v) is 3.89. The lowest BCUT2D eigenvalue weighted by atomic mass is 10.1. The van der Waals surface area contributed by atoms with Gasteiger partial charge in [0.25, 0.3) is 5.56 Å². The maximum absolute atomic E-state index is 12.5. The summed E-state index contributed by atoms with van der Waals surface area (Å²) in [6.07, 6.45) is 4.97. The Morgan fingerprint density at radius 2 is 2.14 bits per heavy atom. The van der Waals surface area contributed by atoms with Crippen LogP contribution in [0, 0.1) is 0 Å². The number of nitrogens with one attached hydrogen (secondary N) is 2. The van der Waals surface area contributed by atoms with Crippen LogP contribution in [-0.2, 0) is 13.1 Å². The second-order valence-corrected chi connectivity index (χ2v) is 7.44. The van der Waals surface area contributed by atoms with Gasteiger partial charge >= 0.3 is 6.03 Å². The quantitative estimate of drug-likeness (QED) is 0.808. The van der Waals surface area contributed by atoms with Crippen molar-refractivity contribution >= 4 is 12.0 Å². The molecule has 0 saturated carbocycles. The predicted octanol–water partition coefficient (Wildman–Crippen LogP) is 1.29. The molecule has 4 rings (SSSR count). The summed E-state index contributed by atoms with van der Waals surface area (Å²) in [6.45, 7) is 6.34. The first kappa shape index (κ1) is 18.5. The van der Waals surface area contributed by atoms with E-state index in [1.807, 2.05) is 23.9 Å². The number of aryl methyl sites for hydroxylation is 1. The Morgan fingerprint density at radius 1 is 1.32 bits per heavy atom. The SMILES string of the molecule is CCn1ccc(CNC(=O)N2CCC(c3cc(=O)[nH]c(N4CCCC4)n3)C2)n1. The van der Waals surface area contributed by atoms with E-state index in [1.54, 1.807) is 11.0 Å². The molecule has 0 aliphatic carbocycles. The van der Waals surface area contributed by atoms with E-state index in [2.05, 4.69) is 20.3 Å². The molecule has 9 nitrogen and oxygen atoms in total. The Morgan fingerprint density at radius 3 is 2.89 bits per heavy atom. The van der Waals surface area contributed by atoms with E-state index in [4.69, 9.17) is 4.98 Å². The lowest BCUT2D eigenvalue weighted by Crippen LogP contribution is -2.38. The standard InChI is InChI=1S/C19H27N7O2/c1-2-26-10-6-15(23-26)12-20-19(28)25-9-5-14(13-25)16-11-17(27)22-18(21-16)24-7-3-4-8-24/h6,10-11,14H,2-5,7-9,12-13H2,1H3,(H,20,28)(H,21,22,27). The maximum atomic E-state index is 12.5. The molecule has 2 aromatic rings. The second-order valence-electron chi connectivity index (χ2n) is 7.44. The van der Waals surface area contributed by atoms with Gasteiger partial charge in [-0.05, 0) is 32.3 Å². The summed E-state index contributed by atoms with van der Waals surface area (Å²) in [4.78, 5) is 36.1. The van der Waals surface area contributed by atoms with Crippen LogP contribution in [0.4, 0.5) is 10.7 Å². The topological polar surface area (TPSA) is 99.1 Å². The number of hydrogen-bond acceptors (Lipinski definition) is 5. The van der Waals surface area contributed by atoms with Gasteiger partial charge in [-0.3, -0.25) is 14.5 Å². The zero-order valence-electron chi connectivity index (χ0n) is 16.2. The number of likely N-dealkylation sites (tertiary alicyclic amines) is 1. The van der Waals surface area contributed by atoms with Gasteiger partial charge in [-0.25, -0.2) is 9.78 Å². The molecule has 0 bridgehead atoms. The normalized spacial score (nSPS) is 19.4. The average molecular weight is 385 g/mol. The van der Waals surface area contributed by atoms with E-state index in [0.29, 0.717) is 25.6 Å². The number of hydrogen-bond donors (Lipinski definition) is 2. The number of nitrogens with zero attached hydrogens (tertiary/aromatic N) is 5. The van der Waals surface area contributed by atoms with Gasteiger partial charge in [-0.1, -0.05) is 0 Å². The minimum absolute atomic E-state index is 0.0914. The lowest BCUT2D eigenvalue weighted by molar-refractivity contribution is 0.207. The van der Waals surface area contributed by atoms with Crippen LogP contribution in [0.5, 0.6) is 0 Å². The fourth-order valence-electron chi connectivity index (χ4n) is 3.89. The first-order valence-corrected chi connectivity index (χ1v) is 10.0. The summed E-state index contributed by atoms with van der Waals surface area (Å²) in [5.74, 6) is 0.753. The van der Waals surface area contributed by atoms with Crippen molar-refractivity contribution in [2.24, 2.45) is 0 Å². The zero-order valence-corrected chi connectivity index (χ0v) is 16.2. The van der Waals surface area contributed by atoms with Crippen LogP contribution >= 0.6 is 0 Å². The van der Waals surface area contributed by atoms with E-state index in [0.717, 1.165) is 50.3 Å². The molecule has 2 amide bonds. The van der Waals surface area contributed by atoms with Gasteiger partial charge in [0.2, 0.25) is 5.95 Å². The molecule has 2 aliphatic heterocycles. The van der Waals surface area contributed by atoms with E-state index in [9.17, 15) is 9.59 Å². The molecule has 1 atom stereocenters. The molecule has 2 N–H and O–H groups in total. The van der Waals surface area contributed by atoms with Crippen molar-refractivity contribution in [2.45, 2.75) is 45.2 Å². The van der Waals surface area contributed by atoms with Crippen molar-refractivity contribution in [3.63, 3.8) is 0 Å². The van der Waals surface area contributed by atoms with E-state index >= 15 is 0 Å². The number of carbonyl (C=O) groups is 1. The monoisotopic (exact) mass is 385 g/mol. The first-order valence-electron chi connectivity index (χ1n) is 10.0. The Bertz CT molecular complexity index is 884. The van der Waals surface area contributed by atoms with Crippen LogP contribution in [0.1, 0.15) is 43.5 Å². The van der Waals surface area contributed by atoms with Crippen LogP contribution in [0.15, 0.2) is 23.1 Å². The van der Waals surface area contributed by atoms with Crippen LogP contribution < -0.4 is 15.8 Å². The molecule has 2 fully saturated rings. The molecule has 2 aromatic heterocycles. The van der Waals surface area contributed by atoms with Crippen molar-refractivity contribution in [3.05, 3.63) is 40.1 Å². The van der Waals surface area contributed by atoms with Gasteiger partial charge in [0.1, 0.15) is 0 Å². The smallest absolute Gasteiger partial charge is 0.317 e. The van der Waals surface area contributed by atoms with Crippen LogP contribution in [0.2, 0.25) is 0 Å². The molecule has 1 unspecified atom stereocenters. The average Bonchev–Trinajstić information content (AvgIpc) is 3.47. The summed E-state index contributed by atoms with van der Waals surface area (Å²) >= 11 is 0. The molecular weight excluding hydrogens is 358 g/mol. The van der Waals surface area contributed by atoms with Crippen molar-refractivity contribution in [2.75, 3.05) is 31.1 Å². The van der Waals surface area contributed by atoms with Gasteiger partial charge in [-0.2, -0.15) is 5.10 Å². The second kappa shape index (κ2) is 8.04. The summed E-state index contributed by atoms with van der Waals surface area (Å²) < 4.78 is 1.84. The molecule has 0 aromatic carbocycles. The summed E-state index contributed by atoms with van der Waals surface area (Å²) in [7, 11) is 0. The Labute approximate surface area is 163 Å². The minimum Gasteiger partial charge on any atom is -0.342 e. The number of amides is 2. The van der Waals surface area contributed by atoms with Gasteiger partial charge in [0.05, 0.1) is 17.9 Å². The Balaban J connectivity index is 1.36. The third kappa shape index (κ3) is 4.02. The molecule has 0 radical (unpaired) electrons. The van der Waals surface area contributed by atoms with Gasteiger partial charge < -0.3 is 15.1 Å². The molecule has 150 valence electrons. The predicted molar refractivity (Wildman–Crippen MR) is 105 cm³/mol. The highest BCUT2D eigenvalue weighted by molar-refractivity contribution is 5.74. The number of urea groups is 1.